The van der Waals surface area contributed by atoms with E-state index in [-0.39, 0.29) is 0 Å². The molecular formula is C11H20. The van der Waals surface area contributed by atoms with E-state index in [1.165, 1.54) is 19.3 Å². The first-order valence-electron chi connectivity index (χ1n) is 4.49. The van der Waals surface area contributed by atoms with Crippen LogP contribution in [0.25, 0.3) is 0 Å². The molecule has 0 radical (unpaired) electrons. The molecule has 0 N–H and O–H groups in total. The van der Waals surface area contributed by atoms with Crippen molar-refractivity contribution in [2.75, 3.05) is 0 Å². The molecule has 0 aliphatic heterocycles. The van der Waals surface area contributed by atoms with Crippen LogP contribution in [0.4, 0.5) is 0 Å². The zero-order chi connectivity index (χ0) is 8.69. The molecule has 11 heavy (non-hydrogen) atoms. The third kappa shape index (κ3) is 4.83. The highest BCUT2D eigenvalue weighted by Gasteiger charge is 2.05. The normalized spacial score (nSPS) is 15.5. The summed E-state index contributed by atoms with van der Waals surface area (Å²) in [5, 5.41) is 0. The Morgan fingerprint density at radius 1 is 1.27 bits per heavy atom. The van der Waals surface area contributed by atoms with Gasteiger partial charge in [0.2, 0.25) is 0 Å². The molecule has 0 amide bonds. The molecule has 0 aromatic heterocycles. The molecule has 0 fully saturated rings. The highest BCUT2D eigenvalue weighted by Crippen LogP contribution is 2.18. The van der Waals surface area contributed by atoms with Crippen molar-refractivity contribution >= 4 is 0 Å². The molecule has 2 unspecified atom stereocenters. The van der Waals surface area contributed by atoms with Gasteiger partial charge >= 0.3 is 0 Å². The minimum Gasteiger partial charge on any atom is -0.103 e. The maximum absolute atomic E-state index is 3.83. The first kappa shape index (κ1) is 10.5. The molecule has 0 aliphatic rings. The molecule has 0 nitrogen and oxygen atoms in total. The Morgan fingerprint density at radius 2 is 1.91 bits per heavy atom. The van der Waals surface area contributed by atoms with Gasteiger partial charge in [-0.3, -0.25) is 0 Å². The minimum absolute atomic E-state index is 0.629. The third-order valence-corrected chi connectivity index (χ3v) is 2.07. The van der Waals surface area contributed by atoms with E-state index in [9.17, 15) is 0 Å². The van der Waals surface area contributed by atoms with Gasteiger partial charge in [0.15, 0.2) is 0 Å². The van der Waals surface area contributed by atoms with Crippen LogP contribution in [0.2, 0.25) is 0 Å². The van der Waals surface area contributed by atoms with Crippen LogP contribution >= 0.6 is 0 Å². The average Bonchev–Trinajstić information content (AvgIpc) is 2.03. The van der Waals surface area contributed by atoms with Gasteiger partial charge in [-0.15, -0.1) is 13.2 Å². The second-order valence-corrected chi connectivity index (χ2v) is 3.23. The maximum atomic E-state index is 3.83. The summed E-state index contributed by atoms with van der Waals surface area (Å²) in [4.78, 5) is 0. The highest BCUT2D eigenvalue weighted by atomic mass is 14.1. The topological polar surface area (TPSA) is 0 Å². The van der Waals surface area contributed by atoms with E-state index in [2.05, 4.69) is 33.1 Å². The monoisotopic (exact) mass is 152 g/mol. The van der Waals surface area contributed by atoms with Gasteiger partial charge in [-0.05, 0) is 24.7 Å². The van der Waals surface area contributed by atoms with Gasteiger partial charge in [-0.25, -0.2) is 0 Å². The lowest BCUT2D eigenvalue weighted by atomic mass is 9.92. The van der Waals surface area contributed by atoms with Crippen LogP contribution in [-0.2, 0) is 0 Å². The summed E-state index contributed by atoms with van der Waals surface area (Å²) >= 11 is 0. The van der Waals surface area contributed by atoms with E-state index in [1.807, 2.05) is 6.08 Å². The van der Waals surface area contributed by atoms with Crippen molar-refractivity contribution in [1.82, 2.24) is 0 Å². The highest BCUT2D eigenvalue weighted by molar-refractivity contribution is 4.84. The molecular weight excluding hydrogens is 132 g/mol. The Balaban J connectivity index is 3.66. The van der Waals surface area contributed by atoms with Crippen molar-refractivity contribution in [3.8, 4) is 0 Å². The summed E-state index contributed by atoms with van der Waals surface area (Å²) in [5.41, 5.74) is 0. The van der Waals surface area contributed by atoms with E-state index < -0.39 is 0 Å². The molecule has 0 heterocycles. The maximum Gasteiger partial charge on any atom is -0.0231 e. The Hall–Kier alpha value is -0.520. The third-order valence-electron chi connectivity index (χ3n) is 2.07. The molecule has 0 aliphatic carbocycles. The lowest BCUT2D eigenvalue weighted by Gasteiger charge is -2.13. The largest absolute Gasteiger partial charge is 0.103 e. The van der Waals surface area contributed by atoms with Crippen LogP contribution in [0.5, 0.6) is 0 Å². The average molecular weight is 152 g/mol. The Labute approximate surface area is 71.0 Å². The fourth-order valence-corrected chi connectivity index (χ4v) is 1.28. The molecule has 2 atom stereocenters. The standard InChI is InChI=1S/C11H20/c1-5-8-11(7-3)9-10(4)6-2/h6-7,10-11H,2-3,5,8-9H2,1,4H3. The number of rotatable bonds is 6. The smallest absolute Gasteiger partial charge is 0.0231 e. The molecule has 64 valence electrons. The Kier molecular flexibility index (Phi) is 5.91. The molecule has 0 saturated carbocycles. The molecule has 0 rings (SSSR count). The van der Waals surface area contributed by atoms with E-state index >= 15 is 0 Å². The zero-order valence-corrected chi connectivity index (χ0v) is 7.84. The second kappa shape index (κ2) is 6.21. The fourth-order valence-electron chi connectivity index (χ4n) is 1.28. The van der Waals surface area contributed by atoms with Crippen LogP contribution in [0, 0.1) is 11.8 Å². The lowest BCUT2D eigenvalue weighted by molar-refractivity contribution is 0.476. The summed E-state index contributed by atoms with van der Waals surface area (Å²) in [6, 6.07) is 0. The molecule has 0 aromatic carbocycles. The summed E-state index contributed by atoms with van der Waals surface area (Å²) in [6.45, 7) is 12.0. The number of hydrogen-bond acceptors (Lipinski definition) is 0. The van der Waals surface area contributed by atoms with E-state index in [4.69, 9.17) is 0 Å². The van der Waals surface area contributed by atoms with Crippen LogP contribution in [0.1, 0.15) is 33.1 Å². The molecule has 0 bridgehead atoms. The Bertz CT molecular complexity index is 113. The van der Waals surface area contributed by atoms with Gasteiger partial charge in [0.25, 0.3) is 0 Å². The molecule has 0 aromatic rings. The zero-order valence-electron chi connectivity index (χ0n) is 7.84. The van der Waals surface area contributed by atoms with Gasteiger partial charge in [0.1, 0.15) is 0 Å². The van der Waals surface area contributed by atoms with Crippen molar-refractivity contribution in [3.05, 3.63) is 25.3 Å². The minimum atomic E-state index is 0.629. The van der Waals surface area contributed by atoms with Crippen LogP contribution in [0.3, 0.4) is 0 Å². The van der Waals surface area contributed by atoms with Crippen molar-refractivity contribution in [2.45, 2.75) is 33.1 Å². The van der Waals surface area contributed by atoms with Gasteiger partial charge in [0, 0.05) is 0 Å². The van der Waals surface area contributed by atoms with Crippen molar-refractivity contribution in [1.29, 1.82) is 0 Å². The second-order valence-electron chi connectivity index (χ2n) is 3.23. The SMILES string of the molecule is C=CC(C)CC(C=C)CCC. The van der Waals surface area contributed by atoms with E-state index in [1.54, 1.807) is 0 Å². The van der Waals surface area contributed by atoms with Crippen molar-refractivity contribution in [3.63, 3.8) is 0 Å². The predicted octanol–water partition coefficient (Wildman–Crippen LogP) is 3.80. The fraction of sp³-hybridized carbons (Fsp3) is 0.636. The predicted molar refractivity (Wildman–Crippen MR) is 52.6 cm³/mol. The van der Waals surface area contributed by atoms with Crippen LogP contribution in [0.15, 0.2) is 25.3 Å². The van der Waals surface area contributed by atoms with E-state index in [0.29, 0.717) is 11.8 Å². The summed E-state index contributed by atoms with van der Waals surface area (Å²) in [7, 11) is 0. The quantitative estimate of drug-likeness (QED) is 0.508. The molecule has 0 heteroatoms. The lowest BCUT2D eigenvalue weighted by Crippen LogP contribution is -2.01. The van der Waals surface area contributed by atoms with Gasteiger partial charge < -0.3 is 0 Å². The summed E-state index contributed by atoms with van der Waals surface area (Å²) in [6.07, 6.45) is 7.82. The van der Waals surface area contributed by atoms with E-state index in [0.717, 1.165) is 0 Å². The van der Waals surface area contributed by atoms with Gasteiger partial charge in [-0.1, -0.05) is 32.4 Å². The van der Waals surface area contributed by atoms with Crippen LogP contribution < -0.4 is 0 Å². The first-order valence-corrected chi connectivity index (χ1v) is 4.49. The van der Waals surface area contributed by atoms with Gasteiger partial charge in [-0.2, -0.15) is 0 Å². The molecule has 0 spiro atoms. The van der Waals surface area contributed by atoms with Crippen LogP contribution in [-0.4, -0.2) is 0 Å². The van der Waals surface area contributed by atoms with Gasteiger partial charge in [0.05, 0.1) is 0 Å². The first-order chi connectivity index (χ1) is 5.24. The number of hydrogen-bond donors (Lipinski definition) is 0. The van der Waals surface area contributed by atoms with Crippen molar-refractivity contribution in [2.24, 2.45) is 11.8 Å². The Morgan fingerprint density at radius 3 is 2.27 bits per heavy atom. The number of allylic oxidation sites excluding steroid dienone is 2. The van der Waals surface area contributed by atoms with Crippen molar-refractivity contribution < 1.29 is 0 Å². The molecule has 0 saturated heterocycles. The summed E-state index contributed by atoms with van der Waals surface area (Å²) < 4.78 is 0. The summed E-state index contributed by atoms with van der Waals surface area (Å²) in [5.74, 6) is 1.32.